The molecule has 0 saturated heterocycles. The van der Waals surface area contributed by atoms with E-state index >= 15 is 0 Å². The van der Waals surface area contributed by atoms with Gasteiger partial charge in [0.1, 0.15) is 11.5 Å². The molecule has 0 aliphatic carbocycles. The summed E-state index contributed by atoms with van der Waals surface area (Å²) in [5.41, 5.74) is 1.93. The van der Waals surface area contributed by atoms with Crippen LogP contribution in [0.1, 0.15) is 21.5 Å². The number of benzene rings is 2. The zero-order chi connectivity index (χ0) is 12.5. The molecule has 18 heavy (non-hydrogen) atoms. The number of para-hydroxylation sites is 1. The maximum atomic E-state index is 11.6. The number of carbonyl (C=O) groups excluding carboxylic acids is 1. The van der Waals surface area contributed by atoms with Crippen LogP contribution in [0.4, 0.5) is 0 Å². The van der Waals surface area contributed by atoms with Gasteiger partial charge in [-0.3, -0.25) is 0 Å². The van der Waals surface area contributed by atoms with E-state index in [1.54, 1.807) is 36.4 Å². The minimum Gasteiger partial charge on any atom is -0.507 e. The van der Waals surface area contributed by atoms with Crippen molar-refractivity contribution in [3.63, 3.8) is 0 Å². The van der Waals surface area contributed by atoms with E-state index in [1.807, 2.05) is 18.2 Å². The number of phenols is 1. The number of cyclic esters (lactones) is 1. The standard InChI is InChI=1S/C15H10O3/c16-13-8-4-1-5-10(13)9-14-11-6-2-3-7-12(11)15(17)18-14/h1-9,16H/b14-9-. The van der Waals surface area contributed by atoms with Crippen molar-refractivity contribution in [1.82, 2.24) is 0 Å². The molecule has 2 aromatic rings. The number of phenolic OH excluding ortho intramolecular Hbond substituents is 1. The Bertz CT molecular complexity index is 656. The van der Waals surface area contributed by atoms with Crippen molar-refractivity contribution in [2.24, 2.45) is 0 Å². The lowest BCUT2D eigenvalue weighted by Crippen LogP contribution is -1.92. The van der Waals surface area contributed by atoms with Crippen molar-refractivity contribution in [2.45, 2.75) is 0 Å². The number of esters is 1. The molecule has 1 aliphatic rings. The molecule has 88 valence electrons. The SMILES string of the molecule is O=C1O/C(=C\c2ccccc2O)c2ccccc21. The van der Waals surface area contributed by atoms with Crippen LogP contribution in [0.3, 0.4) is 0 Å². The number of aromatic hydroxyl groups is 1. The quantitative estimate of drug-likeness (QED) is 0.776. The first kappa shape index (κ1) is 10.6. The summed E-state index contributed by atoms with van der Waals surface area (Å²) in [6, 6.07) is 14.1. The van der Waals surface area contributed by atoms with Crippen LogP contribution in [0.15, 0.2) is 48.5 Å². The minimum atomic E-state index is -0.354. The average molecular weight is 238 g/mol. The zero-order valence-electron chi connectivity index (χ0n) is 9.46. The Kier molecular flexibility index (Phi) is 2.38. The Balaban J connectivity index is 2.11. The molecule has 2 aromatic carbocycles. The number of fused-ring (bicyclic) bond motifs is 1. The fraction of sp³-hybridized carbons (Fsp3) is 0. The summed E-state index contributed by atoms with van der Waals surface area (Å²) in [4.78, 5) is 11.6. The van der Waals surface area contributed by atoms with E-state index in [0.29, 0.717) is 16.9 Å². The zero-order valence-corrected chi connectivity index (χ0v) is 9.46. The molecule has 0 spiro atoms. The minimum absolute atomic E-state index is 0.158. The third-order valence-electron chi connectivity index (χ3n) is 2.84. The number of ether oxygens (including phenoxy) is 1. The summed E-state index contributed by atoms with van der Waals surface area (Å²) in [5.74, 6) is 0.273. The van der Waals surface area contributed by atoms with Gasteiger partial charge in [0.2, 0.25) is 0 Å². The largest absolute Gasteiger partial charge is 0.507 e. The van der Waals surface area contributed by atoms with Gasteiger partial charge < -0.3 is 9.84 Å². The summed E-state index contributed by atoms with van der Waals surface area (Å²) >= 11 is 0. The van der Waals surface area contributed by atoms with Gasteiger partial charge in [-0.25, -0.2) is 4.79 Å². The molecular weight excluding hydrogens is 228 g/mol. The number of hydrogen-bond donors (Lipinski definition) is 1. The van der Waals surface area contributed by atoms with Crippen molar-refractivity contribution < 1.29 is 14.6 Å². The molecule has 1 N–H and O–H groups in total. The highest BCUT2D eigenvalue weighted by Crippen LogP contribution is 2.32. The van der Waals surface area contributed by atoms with Gasteiger partial charge in [-0.1, -0.05) is 36.4 Å². The van der Waals surface area contributed by atoms with Crippen molar-refractivity contribution in [1.29, 1.82) is 0 Å². The highest BCUT2D eigenvalue weighted by atomic mass is 16.5. The van der Waals surface area contributed by atoms with Crippen molar-refractivity contribution in [3.8, 4) is 5.75 Å². The van der Waals surface area contributed by atoms with Crippen LogP contribution in [-0.2, 0) is 4.74 Å². The molecule has 1 aliphatic heterocycles. The van der Waals surface area contributed by atoms with Gasteiger partial charge in [-0.2, -0.15) is 0 Å². The van der Waals surface area contributed by atoms with E-state index in [0.717, 1.165) is 5.56 Å². The van der Waals surface area contributed by atoms with Gasteiger partial charge in [0.25, 0.3) is 0 Å². The second-order valence-corrected chi connectivity index (χ2v) is 4.00. The van der Waals surface area contributed by atoms with Crippen LogP contribution in [0.25, 0.3) is 11.8 Å². The summed E-state index contributed by atoms with van der Waals surface area (Å²) in [7, 11) is 0. The molecular formula is C15H10O3. The van der Waals surface area contributed by atoms with Gasteiger partial charge in [0.05, 0.1) is 5.56 Å². The number of hydrogen-bond acceptors (Lipinski definition) is 3. The Morgan fingerprint density at radius 3 is 2.39 bits per heavy atom. The van der Waals surface area contributed by atoms with Gasteiger partial charge in [0.15, 0.2) is 0 Å². The van der Waals surface area contributed by atoms with E-state index in [2.05, 4.69) is 0 Å². The van der Waals surface area contributed by atoms with E-state index in [1.165, 1.54) is 0 Å². The van der Waals surface area contributed by atoms with Gasteiger partial charge >= 0.3 is 5.97 Å². The van der Waals surface area contributed by atoms with E-state index < -0.39 is 0 Å². The van der Waals surface area contributed by atoms with E-state index in [9.17, 15) is 9.90 Å². The average Bonchev–Trinajstić information content (AvgIpc) is 2.70. The molecule has 0 aromatic heterocycles. The molecule has 3 heteroatoms. The highest BCUT2D eigenvalue weighted by Gasteiger charge is 2.25. The normalized spacial score (nSPS) is 15.6. The third-order valence-corrected chi connectivity index (χ3v) is 2.84. The maximum absolute atomic E-state index is 11.6. The molecule has 3 nitrogen and oxygen atoms in total. The summed E-state index contributed by atoms with van der Waals surface area (Å²) in [6.45, 7) is 0. The molecule has 1 heterocycles. The third kappa shape index (κ3) is 1.66. The lowest BCUT2D eigenvalue weighted by Gasteiger charge is -2.01. The number of carbonyl (C=O) groups is 1. The second kappa shape index (κ2) is 4.04. The summed E-state index contributed by atoms with van der Waals surface area (Å²) < 4.78 is 5.20. The van der Waals surface area contributed by atoms with E-state index in [-0.39, 0.29) is 11.7 Å². The predicted octanol–water partition coefficient (Wildman–Crippen LogP) is 3.06. The lowest BCUT2D eigenvalue weighted by atomic mass is 10.1. The first-order chi connectivity index (χ1) is 8.75. The van der Waals surface area contributed by atoms with Crippen molar-refractivity contribution >= 4 is 17.8 Å². The molecule has 0 radical (unpaired) electrons. The van der Waals surface area contributed by atoms with Crippen LogP contribution in [0.2, 0.25) is 0 Å². The first-order valence-electron chi connectivity index (χ1n) is 5.57. The van der Waals surface area contributed by atoms with E-state index in [4.69, 9.17) is 4.74 Å². The second-order valence-electron chi connectivity index (χ2n) is 4.00. The predicted molar refractivity (Wildman–Crippen MR) is 67.8 cm³/mol. The van der Waals surface area contributed by atoms with Crippen LogP contribution in [0, 0.1) is 0 Å². The fourth-order valence-corrected chi connectivity index (χ4v) is 1.94. The summed E-state index contributed by atoms with van der Waals surface area (Å²) in [6.07, 6.45) is 1.67. The topological polar surface area (TPSA) is 46.5 Å². The van der Waals surface area contributed by atoms with Crippen LogP contribution >= 0.6 is 0 Å². The van der Waals surface area contributed by atoms with Crippen LogP contribution < -0.4 is 0 Å². The Morgan fingerprint density at radius 1 is 0.944 bits per heavy atom. The van der Waals surface area contributed by atoms with Crippen molar-refractivity contribution in [2.75, 3.05) is 0 Å². The highest BCUT2D eigenvalue weighted by molar-refractivity contribution is 6.05. The maximum Gasteiger partial charge on any atom is 0.344 e. The molecule has 0 bridgehead atoms. The monoisotopic (exact) mass is 238 g/mol. The molecule has 0 saturated carbocycles. The smallest absolute Gasteiger partial charge is 0.344 e. The Morgan fingerprint density at radius 2 is 1.61 bits per heavy atom. The van der Waals surface area contributed by atoms with Gasteiger partial charge in [-0.15, -0.1) is 0 Å². The fourth-order valence-electron chi connectivity index (χ4n) is 1.94. The number of rotatable bonds is 1. The van der Waals surface area contributed by atoms with Crippen molar-refractivity contribution in [3.05, 3.63) is 65.2 Å². The van der Waals surface area contributed by atoms with Gasteiger partial charge in [0, 0.05) is 11.1 Å². The summed E-state index contributed by atoms with van der Waals surface area (Å²) in [5, 5.41) is 9.70. The molecule has 0 atom stereocenters. The Labute approximate surface area is 104 Å². The lowest BCUT2D eigenvalue weighted by molar-refractivity contribution is 0.0717. The van der Waals surface area contributed by atoms with Crippen LogP contribution in [0.5, 0.6) is 5.75 Å². The van der Waals surface area contributed by atoms with Gasteiger partial charge in [-0.05, 0) is 18.2 Å². The first-order valence-corrected chi connectivity index (χ1v) is 5.57. The molecule has 0 unspecified atom stereocenters. The molecule has 0 fully saturated rings. The molecule has 3 rings (SSSR count). The molecule has 0 amide bonds. The van der Waals surface area contributed by atoms with Crippen LogP contribution in [-0.4, -0.2) is 11.1 Å². The Hall–Kier alpha value is -2.55.